The second-order valence-corrected chi connectivity index (χ2v) is 16.8. The van der Waals surface area contributed by atoms with Crippen molar-refractivity contribution in [3.63, 3.8) is 0 Å². The van der Waals surface area contributed by atoms with Crippen LogP contribution in [0, 0.1) is 43.4 Å². The highest BCUT2D eigenvalue weighted by Gasteiger charge is 2.32. The number of fused-ring (bicyclic) bond motifs is 1. The molecule has 1 saturated heterocycles. The van der Waals surface area contributed by atoms with Crippen LogP contribution >= 0.6 is 20.7 Å². The van der Waals surface area contributed by atoms with Crippen LogP contribution in [0.5, 0.6) is 5.75 Å². The second-order valence-electron chi connectivity index (χ2n) is 15.0. The summed E-state index contributed by atoms with van der Waals surface area (Å²) in [5.74, 6) is 1.35. The number of alkyl halides is 1. The molecule has 1 aromatic heterocycles. The van der Waals surface area contributed by atoms with Crippen LogP contribution in [0.15, 0.2) is 53.0 Å². The summed E-state index contributed by atoms with van der Waals surface area (Å²) in [4.78, 5) is 30.5. The molecule has 3 aromatic rings. The SMILES string of the molecule is C=ICC(C)(C)/C=C(\C#N)C(=O)N1CCc2c(CC3CCN(Cc4c(C)cc(-c5cn(C)c(=O)c(C)c5C)cc4OC)CC3)cccc2[C@@H]1C. The van der Waals surface area contributed by atoms with Gasteiger partial charge in [-0.15, -0.1) is 20.7 Å². The van der Waals surface area contributed by atoms with Gasteiger partial charge >= 0.3 is 0 Å². The van der Waals surface area contributed by atoms with Crippen LogP contribution in [0.3, 0.4) is 0 Å². The van der Waals surface area contributed by atoms with Gasteiger partial charge in [0.15, 0.2) is 0 Å². The Morgan fingerprint density at radius 2 is 1.86 bits per heavy atom. The van der Waals surface area contributed by atoms with Crippen LogP contribution in [0.2, 0.25) is 0 Å². The number of hydrogen-bond acceptors (Lipinski definition) is 5. The zero-order valence-electron chi connectivity index (χ0n) is 31.2. The molecular formula is C42H53IN4O3. The molecule has 7 nitrogen and oxygen atoms in total. The number of pyridine rings is 1. The van der Waals surface area contributed by atoms with E-state index in [1.54, 1.807) is 11.7 Å². The summed E-state index contributed by atoms with van der Waals surface area (Å²) < 4.78 is 12.6. The van der Waals surface area contributed by atoms with E-state index in [1.807, 2.05) is 38.1 Å². The number of aromatic nitrogens is 1. The molecule has 0 radical (unpaired) electrons. The fourth-order valence-electron chi connectivity index (χ4n) is 7.86. The minimum atomic E-state index is -0.199. The van der Waals surface area contributed by atoms with Crippen molar-refractivity contribution in [1.82, 2.24) is 14.4 Å². The number of nitriles is 1. The van der Waals surface area contributed by atoms with Crippen LogP contribution in [0.4, 0.5) is 0 Å². The number of likely N-dealkylation sites (tertiary alicyclic amines) is 1. The summed E-state index contributed by atoms with van der Waals surface area (Å²) in [5, 5.41) is 9.90. The second kappa shape index (κ2) is 15.8. The van der Waals surface area contributed by atoms with Gasteiger partial charge in [0.05, 0.1) is 13.2 Å². The fourth-order valence-corrected chi connectivity index (χ4v) is 9.47. The Morgan fingerprint density at radius 3 is 2.52 bits per heavy atom. The molecule has 0 unspecified atom stereocenters. The van der Waals surface area contributed by atoms with Crippen LogP contribution in [-0.4, -0.2) is 56.0 Å². The molecule has 0 spiro atoms. The molecule has 0 saturated carbocycles. The smallest absolute Gasteiger partial charge is 0.264 e. The highest BCUT2D eigenvalue weighted by molar-refractivity contribution is 14.2. The number of carbonyl (C=O) groups is 1. The lowest BCUT2D eigenvalue weighted by atomic mass is 9.83. The number of piperidine rings is 1. The van der Waals surface area contributed by atoms with E-state index in [0.717, 1.165) is 77.7 Å². The Hall–Kier alpha value is -3.55. The maximum Gasteiger partial charge on any atom is 0.264 e. The van der Waals surface area contributed by atoms with E-state index in [1.165, 1.54) is 27.8 Å². The van der Waals surface area contributed by atoms with Crippen molar-refractivity contribution in [2.45, 2.75) is 79.8 Å². The fraction of sp³-hybridized carbons (Fsp3) is 0.476. The normalized spacial score (nSPS) is 17.4. The quantitative estimate of drug-likeness (QED) is 0.0909. The van der Waals surface area contributed by atoms with Crippen LogP contribution < -0.4 is 10.3 Å². The zero-order chi connectivity index (χ0) is 36.3. The highest BCUT2D eigenvalue weighted by Crippen LogP contribution is 2.37. The van der Waals surface area contributed by atoms with Gasteiger partial charge in [-0.1, -0.05) is 48.7 Å². The minimum Gasteiger partial charge on any atom is -0.496 e. The zero-order valence-corrected chi connectivity index (χ0v) is 33.3. The van der Waals surface area contributed by atoms with E-state index in [-0.39, 0.29) is 49.2 Å². The summed E-state index contributed by atoms with van der Waals surface area (Å²) in [7, 11) is 3.56. The van der Waals surface area contributed by atoms with Crippen LogP contribution in [0.1, 0.15) is 78.6 Å². The number of methoxy groups -OCH3 is 1. The third kappa shape index (κ3) is 8.00. The van der Waals surface area contributed by atoms with Gasteiger partial charge in [-0.25, -0.2) is 0 Å². The van der Waals surface area contributed by atoms with E-state index in [0.29, 0.717) is 12.5 Å². The summed E-state index contributed by atoms with van der Waals surface area (Å²) in [6.07, 6.45) is 7.96. The molecular weight excluding hydrogens is 735 g/mol. The molecule has 1 atom stereocenters. The number of nitrogens with zero attached hydrogens (tertiary/aromatic N) is 4. The van der Waals surface area contributed by atoms with Crippen molar-refractivity contribution >= 4 is 31.2 Å². The van der Waals surface area contributed by atoms with E-state index in [2.05, 4.69) is 73.5 Å². The van der Waals surface area contributed by atoms with Gasteiger partial charge < -0.3 is 14.2 Å². The lowest BCUT2D eigenvalue weighted by Gasteiger charge is -2.37. The summed E-state index contributed by atoms with van der Waals surface area (Å²) in [5.41, 5.74) is 10.5. The molecule has 0 bridgehead atoms. The molecule has 50 heavy (non-hydrogen) atoms. The van der Waals surface area contributed by atoms with Crippen molar-refractivity contribution in [2.75, 3.05) is 31.2 Å². The maximum atomic E-state index is 13.6. The first kappa shape index (κ1) is 37.7. The van der Waals surface area contributed by atoms with E-state index in [4.69, 9.17) is 4.74 Å². The van der Waals surface area contributed by atoms with Crippen molar-refractivity contribution in [1.29, 1.82) is 5.26 Å². The van der Waals surface area contributed by atoms with Gasteiger partial charge in [0.1, 0.15) is 17.4 Å². The summed E-state index contributed by atoms with van der Waals surface area (Å²) in [6, 6.07) is 13.1. The van der Waals surface area contributed by atoms with E-state index in [9.17, 15) is 14.9 Å². The number of rotatable bonds is 10. The first-order valence-electron chi connectivity index (χ1n) is 17.7. The Kier molecular flexibility index (Phi) is 11.9. The Bertz CT molecular complexity index is 1910. The Labute approximate surface area is 308 Å². The molecule has 2 aliphatic heterocycles. The molecule has 2 aromatic carbocycles. The molecule has 1 amide bonds. The van der Waals surface area contributed by atoms with Crippen molar-refractivity contribution in [3.05, 3.63) is 97.5 Å². The molecule has 8 heteroatoms. The summed E-state index contributed by atoms with van der Waals surface area (Å²) in [6.45, 7) is 15.9. The van der Waals surface area contributed by atoms with Gasteiger partial charge in [-0.2, -0.15) is 5.26 Å². The third-order valence-electron chi connectivity index (χ3n) is 10.9. The summed E-state index contributed by atoms with van der Waals surface area (Å²) >= 11 is -0.187. The topological polar surface area (TPSA) is 78.6 Å². The number of benzene rings is 2. The monoisotopic (exact) mass is 788 g/mol. The van der Waals surface area contributed by atoms with Gasteiger partial charge in [0, 0.05) is 47.5 Å². The van der Waals surface area contributed by atoms with Crippen molar-refractivity contribution in [3.8, 4) is 22.9 Å². The predicted molar refractivity (Wildman–Crippen MR) is 213 cm³/mol. The average Bonchev–Trinajstić information content (AvgIpc) is 3.09. The van der Waals surface area contributed by atoms with E-state index >= 15 is 0 Å². The van der Waals surface area contributed by atoms with Crippen molar-refractivity contribution in [2.24, 2.45) is 18.4 Å². The Morgan fingerprint density at radius 1 is 1.14 bits per heavy atom. The molecule has 3 heterocycles. The van der Waals surface area contributed by atoms with Gasteiger partial charge in [-0.05, 0) is 117 Å². The van der Waals surface area contributed by atoms with E-state index < -0.39 is 0 Å². The lowest BCUT2D eigenvalue weighted by molar-refractivity contribution is -0.129. The standard InChI is InChI=1S/C42H53IN4O3/c1-27-19-33(38-24-45(8)40(48)29(3)28(38)2)21-39(50-9)37(27)25-46-16-13-31(14-17-46)20-32-11-10-12-35-30(4)47(18-15-36(32)35)41(49)34(23-44)22-42(5,6)26-43-7/h10-12,19,21-22,24,30-31H,7,13-18,20,25-26H2,1-6,8-9H3/b34-22+/t30-/m0/s1. The van der Waals surface area contributed by atoms with Crippen LogP contribution in [-0.2, 0) is 31.2 Å². The predicted octanol–water partition coefficient (Wildman–Crippen LogP) is 7.77. The number of allylic oxidation sites excluding steroid dienone is 1. The maximum absolute atomic E-state index is 13.6. The van der Waals surface area contributed by atoms with Crippen molar-refractivity contribution < 1.29 is 9.53 Å². The number of hydrogen-bond donors (Lipinski definition) is 0. The van der Waals surface area contributed by atoms with Gasteiger partial charge in [0.25, 0.3) is 11.5 Å². The number of ether oxygens (including phenoxy) is 1. The first-order chi connectivity index (χ1) is 23.8. The van der Waals surface area contributed by atoms with Gasteiger partial charge in [-0.3, -0.25) is 14.5 Å². The average molecular weight is 789 g/mol. The minimum absolute atomic E-state index is 0.0412. The molecule has 5 rings (SSSR count). The lowest BCUT2D eigenvalue weighted by Crippen LogP contribution is -2.40. The third-order valence-corrected chi connectivity index (χ3v) is 13.4. The Balaban J connectivity index is 1.25. The number of amides is 1. The number of aryl methyl sites for hydroxylation is 2. The molecule has 2 aliphatic rings. The largest absolute Gasteiger partial charge is 0.496 e. The highest BCUT2D eigenvalue weighted by atomic mass is 127. The molecule has 0 aliphatic carbocycles. The first-order valence-corrected chi connectivity index (χ1v) is 20.8. The molecule has 0 N–H and O–H groups in total. The van der Waals surface area contributed by atoms with Gasteiger partial charge in [0.2, 0.25) is 0 Å². The molecule has 1 fully saturated rings. The van der Waals surface area contributed by atoms with Crippen LogP contribution in [0.25, 0.3) is 11.1 Å². The number of carbonyl (C=O) groups excluding carboxylic acids is 1. The number of halogens is 1. The molecule has 266 valence electrons.